The van der Waals surface area contributed by atoms with Crippen molar-refractivity contribution >= 4 is 41.0 Å². The molecule has 2 aromatic carbocycles. The Hall–Kier alpha value is -2.86. The average molecular weight is 438 g/mol. The fourth-order valence-electron chi connectivity index (χ4n) is 3.79. The van der Waals surface area contributed by atoms with Crippen LogP contribution in [-0.2, 0) is 24.0 Å². The molecule has 160 valence electrons. The number of hydrogen-bond acceptors (Lipinski definition) is 8. The lowest BCUT2D eigenvalue weighted by Gasteiger charge is -2.23. The van der Waals surface area contributed by atoms with E-state index in [9.17, 15) is 14.3 Å². The van der Waals surface area contributed by atoms with E-state index in [4.69, 9.17) is 5.14 Å². The summed E-state index contributed by atoms with van der Waals surface area (Å²) in [5, 5.41) is 36.2. The Labute approximate surface area is 183 Å². The van der Waals surface area contributed by atoms with Crippen LogP contribution in [0.5, 0.6) is 0 Å². The van der Waals surface area contributed by atoms with Crippen LogP contribution in [0.1, 0.15) is 23.7 Å². The molecule has 0 fully saturated rings. The van der Waals surface area contributed by atoms with E-state index < -0.39 is 18.1 Å². The van der Waals surface area contributed by atoms with Crippen molar-refractivity contribution in [3.63, 3.8) is 0 Å². The summed E-state index contributed by atoms with van der Waals surface area (Å²) in [4.78, 5) is 7.29. The number of nitrogens with zero attached hydrogens (tertiary/aromatic N) is 4. The highest BCUT2D eigenvalue weighted by atomic mass is 32.2. The second-order valence-corrected chi connectivity index (χ2v) is 8.53. The predicted molar refractivity (Wildman–Crippen MR) is 121 cm³/mol. The zero-order valence-electron chi connectivity index (χ0n) is 17.2. The van der Waals surface area contributed by atoms with E-state index in [1.165, 1.54) is 0 Å². The topological polar surface area (TPSA) is 137 Å². The first-order valence-corrected chi connectivity index (χ1v) is 11.0. The monoisotopic (exact) mass is 438 g/mol. The quantitative estimate of drug-likeness (QED) is 0.409. The first kappa shape index (κ1) is 21.4. The van der Waals surface area contributed by atoms with Crippen LogP contribution in [0.25, 0.3) is 0 Å². The first-order chi connectivity index (χ1) is 14.8. The highest BCUT2D eigenvalue weighted by Crippen LogP contribution is 2.39. The SMILES string of the molecule is Cc1nnc(N2c3cccc(S(N)=O)c3CC2C)nc1NCc1cccc(B(O)O)c1. The zero-order valence-corrected chi connectivity index (χ0v) is 18.0. The summed E-state index contributed by atoms with van der Waals surface area (Å²) >= 11 is 0. The minimum Gasteiger partial charge on any atom is -0.423 e. The van der Waals surface area contributed by atoms with Crippen molar-refractivity contribution in [2.45, 2.75) is 37.8 Å². The lowest BCUT2D eigenvalue weighted by Crippen LogP contribution is -2.30. The van der Waals surface area contributed by atoms with Gasteiger partial charge in [0, 0.05) is 18.3 Å². The molecule has 2 unspecified atom stereocenters. The van der Waals surface area contributed by atoms with Gasteiger partial charge >= 0.3 is 7.12 Å². The standard InChI is InChI=1S/C20H23BN6O3S/c1-12-9-16-17(7-4-8-18(16)31(22)30)27(12)20-24-19(13(2)25-26-20)23-11-14-5-3-6-15(10-14)21(28)29/h3-8,10,12,28-29H,9,11,22H2,1-2H3,(H,23,24,26). The summed E-state index contributed by atoms with van der Waals surface area (Å²) in [6, 6.07) is 12.6. The van der Waals surface area contributed by atoms with Crippen molar-refractivity contribution in [3.05, 3.63) is 59.3 Å². The van der Waals surface area contributed by atoms with E-state index in [2.05, 4.69) is 20.5 Å². The number of nitrogens with two attached hydrogens (primary N) is 1. The van der Waals surface area contributed by atoms with Gasteiger partial charge in [0.25, 0.3) is 5.95 Å². The number of benzene rings is 2. The van der Waals surface area contributed by atoms with Gasteiger partial charge in [-0.25, -0.2) is 9.35 Å². The molecule has 1 aliphatic heterocycles. The van der Waals surface area contributed by atoms with Crippen LogP contribution in [-0.4, -0.2) is 42.6 Å². The zero-order chi connectivity index (χ0) is 22.1. The first-order valence-electron chi connectivity index (χ1n) is 9.82. The largest absolute Gasteiger partial charge is 0.488 e. The molecule has 0 radical (unpaired) electrons. The van der Waals surface area contributed by atoms with E-state index in [1.807, 2.05) is 36.9 Å². The molecule has 2 heterocycles. The highest BCUT2D eigenvalue weighted by Gasteiger charge is 2.32. The Morgan fingerprint density at radius 3 is 2.77 bits per heavy atom. The van der Waals surface area contributed by atoms with E-state index in [1.54, 1.807) is 24.3 Å². The molecule has 11 heteroatoms. The molecule has 0 bridgehead atoms. The van der Waals surface area contributed by atoms with Crippen LogP contribution in [0.3, 0.4) is 0 Å². The molecule has 5 N–H and O–H groups in total. The lowest BCUT2D eigenvalue weighted by atomic mass is 9.80. The van der Waals surface area contributed by atoms with Crippen LogP contribution in [0.2, 0.25) is 0 Å². The van der Waals surface area contributed by atoms with Crippen LogP contribution >= 0.6 is 0 Å². The summed E-state index contributed by atoms with van der Waals surface area (Å²) in [5.74, 6) is 1.03. The molecule has 1 aromatic heterocycles. The number of nitrogens with one attached hydrogen (secondary N) is 1. The smallest absolute Gasteiger partial charge is 0.423 e. The molecule has 4 rings (SSSR count). The van der Waals surface area contributed by atoms with Crippen LogP contribution in [0.4, 0.5) is 17.5 Å². The molecular weight excluding hydrogens is 415 g/mol. The maximum atomic E-state index is 11.9. The molecule has 0 spiro atoms. The van der Waals surface area contributed by atoms with Crippen LogP contribution < -0.4 is 20.8 Å². The molecule has 0 saturated heterocycles. The van der Waals surface area contributed by atoms with Gasteiger partial charge in [0.15, 0.2) is 5.82 Å². The van der Waals surface area contributed by atoms with Crippen molar-refractivity contribution in [2.75, 3.05) is 10.2 Å². The summed E-state index contributed by atoms with van der Waals surface area (Å²) in [6.45, 7) is 4.30. The van der Waals surface area contributed by atoms with Gasteiger partial charge in [0.1, 0.15) is 16.7 Å². The van der Waals surface area contributed by atoms with Crippen molar-refractivity contribution in [2.24, 2.45) is 5.14 Å². The minimum absolute atomic E-state index is 0.0554. The summed E-state index contributed by atoms with van der Waals surface area (Å²) in [6.07, 6.45) is 0.685. The van der Waals surface area contributed by atoms with Gasteiger partial charge in [-0.2, -0.15) is 4.98 Å². The number of aryl methyl sites for hydroxylation is 1. The number of fused-ring (bicyclic) bond motifs is 1. The summed E-state index contributed by atoms with van der Waals surface area (Å²) in [7, 11) is -3.08. The van der Waals surface area contributed by atoms with Gasteiger partial charge in [0.2, 0.25) is 0 Å². The molecule has 1 aliphatic rings. The molecule has 3 aromatic rings. The van der Waals surface area contributed by atoms with Crippen molar-refractivity contribution in [3.8, 4) is 0 Å². The third-order valence-corrected chi connectivity index (χ3v) is 6.11. The fraction of sp³-hybridized carbons (Fsp3) is 0.250. The Kier molecular flexibility index (Phi) is 6.01. The van der Waals surface area contributed by atoms with E-state index >= 15 is 0 Å². The third-order valence-electron chi connectivity index (χ3n) is 5.29. The molecule has 2 atom stereocenters. The molecule has 31 heavy (non-hydrogen) atoms. The van der Waals surface area contributed by atoms with E-state index in [-0.39, 0.29) is 6.04 Å². The van der Waals surface area contributed by atoms with Gasteiger partial charge < -0.3 is 20.3 Å². The Morgan fingerprint density at radius 1 is 1.26 bits per heavy atom. The second-order valence-electron chi connectivity index (χ2n) is 7.49. The number of hydrogen-bond donors (Lipinski definition) is 4. The van der Waals surface area contributed by atoms with E-state index in [0.29, 0.717) is 40.8 Å². The molecule has 0 amide bonds. The Morgan fingerprint density at radius 2 is 2.03 bits per heavy atom. The van der Waals surface area contributed by atoms with Gasteiger partial charge in [-0.05, 0) is 49.0 Å². The normalized spacial score (nSPS) is 16.2. The number of rotatable bonds is 6. The molecule has 0 aliphatic carbocycles. The van der Waals surface area contributed by atoms with Gasteiger partial charge in [-0.3, -0.25) is 0 Å². The van der Waals surface area contributed by atoms with Crippen molar-refractivity contribution in [1.29, 1.82) is 0 Å². The van der Waals surface area contributed by atoms with Crippen molar-refractivity contribution in [1.82, 2.24) is 15.2 Å². The van der Waals surface area contributed by atoms with E-state index in [0.717, 1.165) is 16.8 Å². The Balaban J connectivity index is 1.61. The lowest BCUT2D eigenvalue weighted by molar-refractivity contribution is 0.425. The maximum absolute atomic E-state index is 11.9. The molecule has 9 nitrogen and oxygen atoms in total. The highest BCUT2D eigenvalue weighted by molar-refractivity contribution is 7.82. The van der Waals surface area contributed by atoms with Crippen LogP contribution in [0, 0.1) is 6.92 Å². The number of anilines is 3. The third kappa shape index (κ3) is 4.30. The maximum Gasteiger partial charge on any atom is 0.488 e. The summed E-state index contributed by atoms with van der Waals surface area (Å²) < 4.78 is 11.9. The van der Waals surface area contributed by atoms with Crippen molar-refractivity contribution < 1.29 is 14.3 Å². The predicted octanol–water partition coefficient (Wildman–Crippen LogP) is 0.536. The second kappa shape index (κ2) is 8.71. The van der Waals surface area contributed by atoms with Gasteiger partial charge in [-0.15, -0.1) is 10.2 Å². The summed E-state index contributed by atoms with van der Waals surface area (Å²) in [5.41, 5.74) is 3.76. The Bertz CT molecular complexity index is 1150. The molecule has 0 saturated carbocycles. The average Bonchev–Trinajstić information content (AvgIpc) is 3.09. The van der Waals surface area contributed by atoms with Gasteiger partial charge in [-0.1, -0.05) is 30.3 Å². The van der Waals surface area contributed by atoms with Crippen LogP contribution in [0.15, 0.2) is 47.4 Å². The molecular formula is C20H23BN6O3S. The fourth-order valence-corrected chi connectivity index (χ4v) is 4.44. The van der Waals surface area contributed by atoms with Gasteiger partial charge in [0.05, 0.1) is 4.90 Å². The minimum atomic E-state index is -1.57. The number of aromatic nitrogens is 3.